The molecule has 3 saturated heterocycles. The lowest BCUT2D eigenvalue weighted by Crippen LogP contribution is -2.55. The number of nitrogens with zero attached hydrogens (tertiary/aromatic N) is 1. The summed E-state index contributed by atoms with van der Waals surface area (Å²) < 4.78 is 5.49. The van der Waals surface area contributed by atoms with Crippen molar-refractivity contribution in [3.63, 3.8) is 0 Å². The molecule has 0 spiro atoms. The number of nitrogens with one attached hydrogen (secondary N) is 3. The Hall–Kier alpha value is -1.83. The third-order valence-electron chi connectivity index (χ3n) is 5.18. The average molecular weight is 324 g/mol. The van der Waals surface area contributed by atoms with E-state index in [-0.39, 0.29) is 24.0 Å². The van der Waals surface area contributed by atoms with Gasteiger partial charge in [0, 0.05) is 26.2 Å². The second-order valence-electron chi connectivity index (χ2n) is 6.69. The molecular weight excluding hydrogens is 300 g/mol. The number of urea groups is 2. The molecule has 3 N–H and O–H groups in total. The SMILES string of the molecule is C[C@]1(C2CCN(C(=O)NC[C@@H]3CCCO3)CC2)NC(=O)NC1=O. The first-order valence-corrected chi connectivity index (χ1v) is 8.27. The standard InChI is InChI=1S/C15H24N4O4/c1-15(12(20)17-13(21)18-15)10-4-6-19(7-5-10)14(22)16-9-11-3-2-8-23-11/h10-11H,2-9H2,1H3,(H,16,22)(H2,17,18,20,21)/t11-,15+/m0/s1. The van der Waals surface area contributed by atoms with Gasteiger partial charge in [0.15, 0.2) is 0 Å². The summed E-state index contributed by atoms with van der Waals surface area (Å²) in [6.45, 7) is 4.25. The molecule has 0 radical (unpaired) electrons. The molecule has 5 amide bonds. The summed E-state index contributed by atoms with van der Waals surface area (Å²) in [5, 5.41) is 7.93. The number of amides is 5. The van der Waals surface area contributed by atoms with Crippen molar-refractivity contribution >= 4 is 18.0 Å². The molecule has 23 heavy (non-hydrogen) atoms. The number of imide groups is 1. The molecule has 0 unspecified atom stereocenters. The Kier molecular flexibility index (Phi) is 4.43. The number of rotatable bonds is 3. The van der Waals surface area contributed by atoms with Gasteiger partial charge in [0.2, 0.25) is 0 Å². The molecule has 0 aromatic heterocycles. The second kappa shape index (κ2) is 6.35. The maximum Gasteiger partial charge on any atom is 0.322 e. The van der Waals surface area contributed by atoms with Crippen LogP contribution in [0.4, 0.5) is 9.59 Å². The Morgan fingerprint density at radius 2 is 2.09 bits per heavy atom. The van der Waals surface area contributed by atoms with Crippen LogP contribution in [0.5, 0.6) is 0 Å². The van der Waals surface area contributed by atoms with Crippen molar-refractivity contribution in [3.05, 3.63) is 0 Å². The van der Waals surface area contributed by atoms with E-state index in [2.05, 4.69) is 16.0 Å². The number of likely N-dealkylation sites (tertiary alicyclic amines) is 1. The molecule has 0 aromatic carbocycles. The van der Waals surface area contributed by atoms with E-state index >= 15 is 0 Å². The molecule has 3 aliphatic rings. The summed E-state index contributed by atoms with van der Waals surface area (Å²) in [4.78, 5) is 37.3. The summed E-state index contributed by atoms with van der Waals surface area (Å²) in [6, 6.07) is -0.516. The van der Waals surface area contributed by atoms with Crippen LogP contribution >= 0.6 is 0 Å². The van der Waals surface area contributed by atoms with Crippen molar-refractivity contribution < 1.29 is 19.1 Å². The summed E-state index contributed by atoms with van der Waals surface area (Å²) in [5.41, 5.74) is -0.864. The van der Waals surface area contributed by atoms with Crippen LogP contribution in [0, 0.1) is 5.92 Å². The number of hydrogen-bond donors (Lipinski definition) is 3. The van der Waals surface area contributed by atoms with Crippen LogP contribution in [0.25, 0.3) is 0 Å². The summed E-state index contributed by atoms with van der Waals surface area (Å²) in [6.07, 6.45) is 3.57. The lowest BCUT2D eigenvalue weighted by atomic mass is 9.79. The van der Waals surface area contributed by atoms with Gasteiger partial charge in [0.1, 0.15) is 5.54 Å². The number of piperidine rings is 1. The zero-order chi connectivity index (χ0) is 16.4. The fraction of sp³-hybridized carbons (Fsp3) is 0.800. The van der Waals surface area contributed by atoms with Gasteiger partial charge in [0.05, 0.1) is 6.10 Å². The molecule has 3 fully saturated rings. The number of carbonyl (C=O) groups excluding carboxylic acids is 3. The Balaban J connectivity index is 1.47. The maximum absolute atomic E-state index is 12.2. The topological polar surface area (TPSA) is 99.8 Å². The fourth-order valence-electron chi connectivity index (χ4n) is 3.62. The van der Waals surface area contributed by atoms with E-state index in [9.17, 15) is 14.4 Å². The quantitative estimate of drug-likeness (QED) is 0.645. The third kappa shape index (κ3) is 3.26. The van der Waals surface area contributed by atoms with E-state index in [0.29, 0.717) is 32.5 Å². The Morgan fingerprint density at radius 1 is 1.35 bits per heavy atom. The third-order valence-corrected chi connectivity index (χ3v) is 5.18. The summed E-state index contributed by atoms with van der Waals surface area (Å²) >= 11 is 0. The lowest BCUT2D eigenvalue weighted by molar-refractivity contribution is -0.125. The largest absolute Gasteiger partial charge is 0.376 e. The highest BCUT2D eigenvalue weighted by atomic mass is 16.5. The van der Waals surface area contributed by atoms with Crippen molar-refractivity contribution in [2.24, 2.45) is 5.92 Å². The first-order valence-electron chi connectivity index (χ1n) is 8.27. The first-order chi connectivity index (χ1) is 11.0. The minimum Gasteiger partial charge on any atom is -0.376 e. The van der Waals surface area contributed by atoms with Crippen LogP contribution < -0.4 is 16.0 Å². The van der Waals surface area contributed by atoms with Gasteiger partial charge >= 0.3 is 12.1 Å². The van der Waals surface area contributed by atoms with E-state index in [1.165, 1.54) is 0 Å². The zero-order valence-corrected chi connectivity index (χ0v) is 13.4. The minimum atomic E-state index is -0.864. The fourth-order valence-corrected chi connectivity index (χ4v) is 3.62. The van der Waals surface area contributed by atoms with Crippen LogP contribution in [-0.2, 0) is 9.53 Å². The van der Waals surface area contributed by atoms with Crippen molar-refractivity contribution in [3.8, 4) is 0 Å². The molecule has 8 heteroatoms. The Morgan fingerprint density at radius 3 is 2.65 bits per heavy atom. The van der Waals surface area contributed by atoms with Crippen molar-refractivity contribution in [2.75, 3.05) is 26.2 Å². The molecule has 0 aromatic rings. The molecule has 3 rings (SSSR count). The molecule has 0 bridgehead atoms. The van der Waals surface area contributed by atoms with Crippen LogP contribution in [0.2, 0.25) is 0 Å². The second-order valence-corrected chi connectivity index (χ2v) is 6.69. The summed E-state index contributed by atoms with van der Waals surface area (Å²) in [7, 11) is 0. The maximum atomic E-state index is 12.2. The average Bonchev–Trinajstić information content (AvgIpc) is 3.14. The van der Waals surface area contributed by atoms with Crippen LogP contribution in [0.15, 0.2) is 0 Å². The Bertz CT molecular complexity index is 498. The van der Waals surface area contributed by atoms with E-state index < -0.39 is 11.6 Å². The molecule has 3 aliphatic heterocycles. The van der Waals surface area contributed by atoms with Gasteiger partial charge in [0.25, 0.3) is 5.91 Å². The number of hydrogen-bond acceptors (Lipinski definition) is 4. The highest BCUT2D eigenvalue weighted by Crippen LogP contribution is 2.30. The zero-order valence-electron chi connectivity index (χ0n) is 13.4. The van der Waals surface area contributed by atoms with Crippen LogP contribution in [-0.4, -0.2) is 60.8 Å². The van der Waals surface area contributed by atoms with Crippen molar-refractivity contribution in [2.45, 2.75) is 44.2 Å². The summed E-state index contributed by atoms with van der Waals surface area (Å²) in [5.74, 6) is -0.236. The molecule has 8 nitrogen and oxygen atoms in total. The normalized spacial score (nSPS) is 31.9. The molecular formula is C15H24N4O4. The molecule has 0 aliphatic carbocycles. The van der Waals surface area contributed by atoms with Crippen LogP contribution in [0.3, 0.4) is 0 Å². The molecule has 3 heterocycles. The van der Waals surface area contributed by atoms with Gasteiger partial charge in [-0.1, -0.05) is 0 Å². The van der Waals surface area contributed by atoms with Crippen molar-refractivity contribution in [1.29, 1.82) is 0 Å². The van der Waals surface area contributed by atoms with Gasteiger partial charge in [-0.3, -0.25) is 10.1 Å². The first kappa shape index (κ1) is 16.0. The van der Waals surface area contributed by atoms with Gasteiger partial charge < -0.3 is 20.3 Å². The van der Waals surface area contributed by atoms with Crippen LogP contribution in [0.1, 0.15) is 32.6 Å². The van der Waals surface area contributed by atoms with E-state index in [1.807, 2.05) is 0 Å². The van der Waals surface area contributed by atoms with Gasteiger partial charge in [-0.25, -0.2) is 9.59 Å². The van der Waals surface area contributed by atoms with Gasteiger partial charge in [-0.05, 0) is 38.5 Å². The molecule has 2 atom stereocenters. The highest BCUT2D eigenvalue weighted by Gasteiger charge is 2.48. The predicted octanol–water partition coefficient (Wildman–Crippen LogP) is 0.185. The molecule has 128 valence electrons. The minimum absolute atomic E-state index is 0.0381. The number of ether oxygens (including phenoxy) is 1. The van der Waals surface area contributed by atoms with E-state index in [1.54, 1.807) is 11.8 Å². The van der Waals surface area contributed by atoms with Gasteiger partial charge in [-0.15, -0.1) is 0 Å². The molecule has 0 saturated carbocycles. The lowest BCUT2D eigenvalue weighted by Gasteiger charge is -2.38. The predicted molar refractivity (Wildman–Crippen MR) is 81.7 cm³/mol. The Labute approximate surface area is 135 Å². The number of carbonyl (C=O) groups is 3. The highest BCUT2D eigenvalue weighted by molar-refractivity contribution is 6.06. The van der Waals surface area contributed by atoms with E-state index in [0.717, 1.165) is 19.4 Å². The van der Waals surface area contributed by atoms with E-state index in [4.69, 9.17) is 4.74 Å². The smallest absolute Gasteiger partial charge is 0.322 e. The monoisotopic (exact) mass is 324 g/mol. The van der Waals surface area contributed by atoms with Gasteiger partial charge in [-0.2, -0.15) is 0 Å². The van der Waals surface area contributed by atoms with Crippen molar-refractivity contribution in [1.82, 2.24) is 20.9 Å².